The second-order valence-electron chi connectivity index (χ2n) is 6.31. The molecule has 144 valence electrons. The highest BCUT2D eigenvalue weighted by molar-refractivity contribution is 5.97. The van der Waals surface area contributed by atoms with E-state index in [0.717, 1.165) is 24.0 Å². The first-order chi connectivity index (χ1) is 13.0. The number of hydrazine groups is 1. The number of carbonyl (C=O) groups excluding carboxylic acids is 2. The van der Waals surface area contributed by atoms with Gasteiger partial charge in [0.05, 0.1) is 12.2 Å². The lowest BCUT2D eigenvalue weighted by Gasteiger charge is -2.12. The van der Waals surface area contributed by atoms with Crippen molar-refractivity contribution >= 4 is 11.8 Å². The average Bonchev–Trinajstić information content (AvgIpc) is 2.64. The Kier molecular flexibility index (Phi) is 7.67. The van der Waals surface area contributed by atoms with Crippen LogP contribution in [0.25, 0.3) is 0 Å². The molecule has 2 aromatic rings. The van der Waals surface area contributed by atoms with E-state index in [9.17, 15) is 9.59 Å². The van der Waals surface area contributed by atoms with Crippen molar-refractivity contribution in [2.24, 2.45) is 0 Å². The van der Waals surface area contributed by atoms with Gasteiger partial charge in [0.15, 0.2) is 6.61 Å². The van der Waals surface area contributed by atoms with Crippen LogP contribution in [0.1, 0.15) is 41.3 Å². The number of hydrogen-bond acceptors (Lipinski definition) is 4. The number of amides is 2. The third-order valence-electron chi connectivity index (χ3n) is 3.77. The van der Waals surface area contributed by atoms with Crippen molar-refractivity contribution in [3.05, 3.63) is 59.2 Å². The summed E-state index contributed by atoms with van der Waals surface area (Å²) in [6, 6.07) is 12.6. The molecular weight excluding hydrogens is 344 g/mol. The molecule has 2 N–H and O–H groups in total. The van der Waals surface area contributed by atoms with E-state index in [1.165, 1.54) is 0 Å². The summed E-state index contributed by atoms with van der Waals surface area (Å²) in [6.07, 6.45) is 1.91. The molecule has 2 amide bonds. The van der Waals surface area contributed by atoms with Gasteiger partial charge in [0.2, 0.25) is 0 Å². The SMILES string of the molecule is CCCCOc1ccccc1C(=O)NNC(=O)COc1cc(C)cc(C)c1. The zero-order valence-corrected chi connectivity index (χ0v) is 16.0. The number of ether oxygens (including phenoxy) is 2. The van der Waals surface area contributed by atoms with E-state index in [1.54, 1.807) is 24.3 Å². The van der Waals surface area contributed by atoms with E-state index in [0.29, 0.717) is 23.7 Å². The van der Waals surface area contributed by atoms with Gasteiger partial charge in [-0.15, -0.1) is 0 Å². The quantitative estimate of drug-likeness (QED) is 0.552. The van der Waals surface area contributed by atoms with Gasteiger partial charge >= 0.3 is 0 Å². The van der Waals surface area contributed by atoms with E-state index in [2.05, 4.69) is 17.8 Å². The van der Waals surface area contributed by atoms with Gasteiger partial charge in [-0.05, 0) is 55.7 Å². The maximum Gasteiger partial charge on any atom is 0.276 e. The molecule has 0 saturated carbocycles. The largest absolute Gasteiger partial charge is 0.493 e. The van der Waals surface area contributed by atoms with Crippen molar-refractivity contribution in [1.82, 2.24) is 10.9 Å². The molecule has 6 heteroatoms. The van der Waals surface area contributed by atoms with Crippen LogP contribution >= 0.6 is 0 Å². The van der Waals surface area contributed by atoms with Gasteiger partial charge in [0.1, 0.15) is 11.5 Å². The Bertz CT molecular complexity index is 769. The number of nitrogens with one attached hydrogen (secondary N) is 2. The zero-order chi connectivity index (χ0) is 19.6. The number of benzene rings is 2. The molecule has 2 rings (SSSR count). The van der Waals surface area contributed by atoms with Gasteiger partial charge in [-0.1, -0.05) is 31.5 Å². The summed E-state index contributed by atoms with van der Waals surface area (Å²) in [6.45, 7) is 6.33. The summed E-state index contributed by atoms with van der Waals surface area (Å²) >= 11 is 0. The number of carbonyl (C=O) groups is 2. The van der Waals surface area contributed by atoms with Crippen LogP contribution in [0.3, 0.4) is 0 Å². The predicted octanol–water partition coefficient (Wildman–Crippen LogP) is 3.32. The number of unbranched alkanes of at least 4 members (excludes halogenated alkanes) is 1. The third-order valence-corrected chi connectivity index (χ3v) is 3.77. The van der Waals surface area contributed by atoms with Crippen LogP contribution in [0.2, 0.25) is 0 Å². The Morgan fingerprint density at radius 3 is 2.37 bits per heavy atom. The van der Waals surface area contributed by atoms with E-state index >= 15 is 0 Å². The highest BCUT2D eigenvalue weighted by Gasteiger charge is 2.13. The monoisotopic (exact) mass is 370 g/mol. The van der Waals surface area contributed by atoms with E-state index in [1.807, 2.05) is 32.0 Å². The minimum atomic E-state index is -0.452. The van der Waals surface area contributed by atoms with Crippen molar-refractivity contribution in [3.63, 3.8) is 0 Å². The topological polar surface area (TPSA) is 76.7 Å². The van der Waals surface area contributed by atoms with Crippen LogP contribution in [0.4, 0.5) is 0 Å². The average molecular weight is 370 g/mol. The minimum Gasteiger partial charge on any atom is -0.493 e. The molecule has 0 fully saturated rings. The summed E-state index contributed by atoms with van der Waals surface area (Å²) in [7, 11) is 0. The molecule has 0 aliphatic heterocycles. The fourth-order valence-electron chi connectivity index (χ4n) is 2.50. The smallest absolute Gasteiger partial charge is 0.276 e. The van der Waals surface area contributed by atoms with Crippen LogP contribution in [0.5, 0.6) is 11.5 Å². The minimum absolute atomic E-state index is 0.197. The highest BCUT2D eigenvalue weighted by atomic mass is 16.5. The Hall–Kier alpha value is -3.02. The van der Waals surface area contributed by atoms with Gasteiger partial charge in [0.25, 0.3) is 11.8 Å². The van der Waals surface area contributed by atoms with E-state index in [-0.39, 0.29) is 6.61 Å². The van der Waals surface area contributed by atoms with E-state index < -0.39 is 11.8 Å². The summed E-state index contributed by atoms with van der Waals surface area (Å²) in [5, 5.41) is 0. The lowest BCUT2D eigenvalue weighted by atomic mass is 10.1. The predicted molar refractivity (Wildman–Crippen MR) is 104 cm³/mol. The number of hydrogen-bond donors (Lipinski definition) is 2. The van der Waals surface area contributed by atoms with Gasteiger partial charge in [-0.2, -0.15) is 0 Å². The van der Waals surface area contributed by atoms with Crippen LogP contribution < -0.4 is 20.3 Å². The Labute approximate surface area is 159 Å². The normalized spacial score (nSPS) is 10.2. The summed E-state index contributed by atoms with van der Waals surface area (Å²) < 4.78 is 11.1. The third kappa shape index (κ3) is 6.66. The van der Waals surface area contributed by atoms with Crippen LogP contribution in [-0.4, -0.2) is 25.0 Å². The standard InChI is InChI=1S/C21H26N2O4/c1-4-5-10-26-19-9-7-6-8-18(19)21(25)23-22-20(24)14-27-17-12-15(2)11-16(3)13-17/h6-9,11-13H,4-5,10,14H2,1-3H3,(H,22,24)(H,23,25). The Morgan fingerprint density at radius 2 is 1.67 bits per heavy atom. The lowest BCUT2D eigenvalue weighted by molar-refractivity contribution is -0.123. The number of aryl methyl sites for hydroxylation is 2. The van der Waals surface area contributed by atoms with Crippen molar-refractivity contribution in [2.45, 2.75) is 33.6 Å². The summed E-state index contributed by atoms with van der Waals surface area (Å²) in [5.74, 6) is 0.210. The molecule has 0 aliphatic carbocycles. The molecule has 0 bridgehead atoms. The van der Waals surface area contributed by atoms with E-state index in [4.69, 9.17) is 9.47 Å². The first kappa shape index (κ1) is 20.3. The second kappa shape index (κ2) is 10.2. The van der Waals surface area contributed by atoms with Gasteiger partial charge in [-0.25, -0.2) is 0 Å². The number of para-hydroxylation sites is 1. The van der Waals surface area contributed by atoms with Gasteiger partial charge in [0, 0.05) is 0 Å². The van der Waals surface area contributed by atoms with Crippen molar-refractivity contribution in [2.75, 3.05) is 13.2 Å². The van der Waals surface area contributed by atoms with Crippen molar-refractivity contribution in [1.29, 1.82) is 0 Å². The van der Waals surface area contributed by atoms with Crippen LogP contribution in [0, 0.1) is 13.8 Å². The van der Waals surface area contributed by atoms with Gasteiger partial charge < -0.3 is 9.47 Å². The summed E-state index contributed by atoms with van der Waals surface area (Å²) in [4.78, 5) is 24.3. The molecule has 0 unspecified atom stereocenters. The first-order valence-electron chi connectivity index (χ1n) is 9.01. The maximum atomic E-state index is 12.3. The molecule has 0 saturated heterocycles. The lowest BCUT2D eigenvalue weighted by Crippen LogP contribution is -2.43. The molecule has 0 spiro atoms. The van der Waals surface area contributed by atoms with Gasteiger partial charge in [-0.3, -0.25) is 20.4 Å². The van der Waals surface area contributed by atoms with Crippen molar-refractivity contribution < 1.29 is 19.1 Å². The zero-order valence-electron chi connectivity index (χ0n) is 16.0. The summed E-state index contributed by atoms with van der Waals surface area (Å²) in [5.41, 5.74) is 7.22. The molecule has 0 aromatic heterocycles. The fraction of sp³-hybridized carbons (Fsp3) is 0.333. The molecule has 0 heterocycles. The molecule has 27 heavy (non-hydrogen) atoms. The molecule has 6 nitrogen and oxygen atoms in total. The Balaban J connectivity index is 1.85. The first-order valence-corrected chi connectivity index (χ1v) is 9.01. The van der Waals surface area contributed by atoms with Crippen molar-refractivity contribution in [3.8, 4) is 11.5 Å². The Morgan fingerprint density at radius 1 is 0.963 bits per heavy atom. The molecular formula is C21H26N2O4. The molecule has 2 aromatic carbocycles. The molecule has 0 atom stereocenters. The van der Waals surface area contributed by atoms with Crippen LogP contribution in [0.15, 0.2) is 42.5 Å². The van der Waals surface area contributed by atoms with Crippen LogP contribution in [-0.2, 0) is 4.79 Å². The number of rotatable bonds is 8. The fourth-order valence-corrected chi connectivity index (χ4v) is 2.50. The molecule has 0 aliphatic rings. The second-order valence-corrected chi connectivity index (χ2v) is 6.31. The maximum absolute atomic E-state index is 12.3. The molecule has 0 radical (unpaired) electrons. The highest BCUT2D eigenvalue weighted by Crippen LogP contribution is 2.18.